The van der Waals surface area contributed by atoms with Crippen LogP contribution in [0.1, 0.15) is 23.6 Å². The first kappa shape index (κ1) is 23.1. The molecule has 1 aliphatic heterocycles. The van der Waals surface area contributed by atoms with Crippen LogP contribution in [-0.2, 0) is 9.59 Å². The highest BCUT2D eigenvalue weighted by Crippen LogP contribution is 2.42. The number of amides is 1. The van der Waals surface area contributed by atoms with Gasteiger partial charge in [0.05, 0.1) is 25.8 Å². The van der Waals surface area contributed by atoms with E-state index in [0.29, 0.717) is 29.8 Å². The van der Waals surface area contributed by atoms with Crippen LogP contribution >= 0.6 is 0 Å². The van der Waals surface area contributed by atoms with Crippen molar-refractivity contribution in [2.45, 2.75) is 12.5 Å². The number of aromatic hydroxyl groups is 1. The van der Waals surface area contributed by atoms with Gasteiger partial charge in [0.25, 0.3) is 11.7 Å². The largest absolute Gasteiger partial charge is 0.507 e. The third-order valence-corrected chi connectivity index (χ3v) is 5.41. The number of hydrogen-bond donors (Lipinski definition) is 2. The van der Waals surface area contributed by atoms with Gasteiger partial charge in [-0.15, -0.1) is 0 Å². The van der Waals surface area contributed by atoms with E-state index in [4.69, 9.17) is 9.47 Å². The molecule has 2 aromatic carbocycles. The van der Waals surface area contributed by atoms with Crippen LogP contribution in [0.3, 0.4) is 0 Å². The van der Waals surface area contributed by atoms with Gasteiger partial charge in [0.2, 0.25) is 0 Å². The zero-order chi connectivity index (χ0) is 23.4. The third-order valence-electron chi connectivity index (χ3n) is 5.41. The van der Waals surface area contributed by atoms with Crippen LogP contribution in [0.2, 0.25) is 0 Å². The summed E-state index contributed by atoms with van der Waals surface area (Å²) in [6.45, 7) is 1.05. The van der Waals surface area contributed by atoms with Crippen LogP contribution in [-0.4, -0.2) is 73.1 Å². The van der Waals surface area contributed by atoms with Crippen LogP contribution in [0.25, 0.3) is 5.76 Å². The molecule has 0 aliphatic carbocycles. The quantitative estimate of drug-likeness (QED) is 0.370. The van der Waals surface area contributed by atoms with Crippen molar-refractivity contribution < 1.29 is 29.3 Å². The summed E-state index contributed by atoms with van der Waals surface area (Å²) in [6.07, 6.45) is 0.644. The van der Waals surface area contributed by atoms with Crippen LogP contribution in [0.5, 0.6) is 17.2 Å². The van der Waals surface area contributed by atoms with Crippen LogP contribution in [0, 0.1) is 0 Å². The van der Waals surface area contributed by atoms with Gasteiger partial charge in [-0.2, -0.15) is 0 Å². The predicted octanol–water partition coefficient (Wildman–Crippen LogP) is 2.78. The maximum atomic E-state index is 13.1. The van der Waals surface area contributed by atoms with Crippen molar-refractivity contribution in [3.8, 4) is 17.2 Å². The lowest BCUT2D eigenvalue weighted by Crippen LogP contribution is -2.32. The first-order chi connectivity index (χ1) is 15.3. The Morgan fingerprint density at radius 1 is 1.09 bits per heavy atom. The van der Waals surface area contributed by atoms with E-state index in [9.17, 15) is 19.8 Å². The standard InChI is InChI=1S/C24H28N2O6/c1-25(2)11-6-12-26-21(15-9-10-18(27)19(14-15)32-4)20(23(29)24(26)30)22(28)16-7-5-8-17(13-16)31-3/h5,7-10,13-14,21,27-28H,6,11-12H2,1-4H3. The van der Waals surface area contributed by atoms with Crippen LogP contribution in [0.15, 0.2) is 48.0 Å². The second-order valence-electron chi connectivity index (χ2n) is 7.81. The third kappa shape index (κ3) is 4.55. The van der Waals surface area contributed by atoms with E-state index < -0.39 is 17.7 Å². The minimum atomic E-state index is -0.821. The minimum absolute atomic E-state index is 0.0131. The number of methoxy groups -OCH3 is 2. The van der Waals surface area contributed by atoms with E-state index in [2.05, 4.69) is 0 Å². The molecule has 0 spiro atoms. The molecule has 1 saturated heterocycles. The number of phenols is 1. The Bertz CT molecular complexity index is 1050. The summed E-state index contributed by atoms with van der Waals surface area (Å²) in [5.74, 6) is -1.06. The van der Waals surface area contributed by atoms with Crippen molar-refractivity contribution in [1.82, 2.24) is 9.80 Å². The Morgan fingerprint density at radius 3 is 2.50 bits per heavy atom. The fourth-order valence-corrected chi connectivity index (χ4v) is 3.80. The number of hydrogen-bond acceptors (Lipinski definition) is 7. The normalized spacial score (nSPS) is 17.8. The van der Waals surface area contributed by atoms with Crippen molar-refractivity contribution in [3.05, 3.63) is 59.2 Å². The van der Waals surface area contributed by atoms with Gasteiger partial charge in [0.1, 0.15) is 11.5 Å². The fraction of sp³-hybridized carbons (Fsp3) is 0.333. The summed E-state index contributed by atoms with van der Waals surface area (Å²) in [5.41, 5.74) is 0.903. The molecule has 170 valence electrons. The number of likely N-dealkylation sites (tertiary alicyclic amines) is 1. The van der Waals surface area contributed by atoms with Crippen molar-refractivity contribution in [3.63, 3.8) is 0 Å². The van der Waals surface area contributed by atoms with E-state index >= 15 is 0 Å². The monoisotopic (exact) mass is 440 g/mol. The topological polar surface area (TPSA) is 99.5 Å². The highest BCUT2D eigenvalue weighted by molar-refractivity contribution is 6.46. The molecule has 1 aliphatic rings. The van der Waals surface area contributed by atoms with E-state index in [1.807, 2.05) is 19.0 Å². The summed E-state index contributed by atoms with van der Waals surface area (Å²) in [4.78, 5) is 29.5. The molecule has 32 heavy (non-hydrogen) atoms. The number of ether oxygens (including phenoxy) is 2. The maximum absolute atomic E-state index is 13.1. The molecule has 0 radical (unpaired) electrons. The van der Waals surface area contributed by atoms with Gasteiger partial charge in [-0.1, -0.05) is 18.2 Å². The molecule has 1 unspecified atom stereocenters. The second kappa shape index (κ2) is 9.74. The van der Waals surface area contributed by atoms with Gasteiger partial charge < -0.3 is 29.5 Å². The lowest BCUT2D eigenvalue weighted by atomic mass is 9.95. The molecule has 2 aromatic rings. The van der Waals surface area contributed by atoms with E-state index in [1.54, 1.807) is 36.4 Å². The summed E-state index contributed by atoms with van der Waals surface area (Å²) in [5, 5.41) is 21.1. The lowest BCUT2D eigenvalue weighted by Gasteiger charge is -2.26. The van der Waals surface area contributed by atoms with E-state index in [-0.39, 0.29) is 22.8 Å². The van der Waals surface area contributed by atoms with Gasteiger partial charge in [-0.3, -0.25) is 9.59 Å². The Hall–Kier alpha value is -3.52. The lowest BCUT2D eigenvalue weighted by molar-refractivity contribution is -0.139. The molecule has 0 bridgehead atoms. The molecule has 1 fully saturated rings. The number of carbonyl (C=O) groups is 2. The highest BCUT2D eigenvalue weighted by Gasteiger charge is 2.46. The predicted molar refractivity (Wildman–Crippen MR) is 120 cm³/mol. The maximum Gasteiger partial charge on any atom is 0.295 e. The summed E-state index contributed by atoms with van der Waals surface area (Å²) in [6, 6.07) is 10.5. The zero-order valence-corrected chi connectivity index (χ0v) is 18.7. The number of benzene rings is 2. The molecule has 1 heterocycles. The molecule has 8 nitrogen and oxygen atoms in total. The molecule has 8 heteroatoms. The van der Waals surface area contributed by atoms with Gasteiger partial charge in [0, 0.05) is 12.1 Å². The number of aliphatic hydroxyl groups is 1. The number of phenolic OH excluding ortho intramolecular Hbond substituents is 1. The first-order valence-electron chi connectivity index (χ1n) is 10.2. The van der Waals surface area contributed by atoms with Crippen LogP contribution in [0.4, 0.5) is 0 Å². The Kier molecular flexibility index (Phi) is 7.05. The van der Waals surface area contributed by atoms with Gasteiger partial charge in [-0.05, 0) is 56.9 Å². The van der Waals surface area contributed by atoms with Crippen molar-refractivity contribution in [2.24, 2.45) is 0 Å². The molecular weight excluding hydrogens is 412 g/mol. The Balaban J connectivity index is 2.14. The number of aliphatic hydroxyl groups excluding tert-OH is 1. The molecule has 1 atom stereocenters. The summed E-state index contributed by atoms with van der Waals surface area (Å²) < 4.78 is 10.4. The Labute approximate surface area is 187 Å². The number of nitrogens with zero attached hydrogens (tertiary/aromatic N) is 2. The van der Waals surface area contributed by atoms with E-state index in [0.717, 1.165) is 6.54 Å². The molecule has 0 aromatic heterocycles. The fourth-order valence-electron chi connectivity index (χ4n) is 3.80. The highest BCUT2D eigenvalue weighted by atomic mass is 16.5. The van der Waals surface area contributed by atoms with Crippen molar-refractivity contribution in [2.75, 3.05) is 41.4 Å². The first-order valence-corrected chi connectivity index (χ1v) is 10.2. The van der Waals surface area contributed by atoms with Crippen molar-refractivity contribution in [1.29, 1.82) is 0 Å². The van der Waals surface area contributed by atoms with E-state index in [1.165, 1.54) is 25.2 Å². The Morgan fingerprint density at radius 2 is 1.84 bits per heavy atom. The number of Topliss-reactive ketones (excluding diaryl/α,β-unsaturated/α-hetero) is 1. The van der Waals surface area contributed by atoms with Gasteiger partial charge >= 0.3 is 0 Å². The molecule has 1 amide bonds. The molecule has 2 N–H and O–H groups in total. The smallest absolute Gasteiger partial charge is 0.295 e. The summed E-state index contributed by atoms with van der Waals surface area (Å²) >= 11 is 0. The van der Waals surface area contributed by atoms with Crippen LogP contribution < -0.4 is 9.47 Å². The summed E-state index contributed by atoms with van der Waals surface area (Å²) in [7, 11) is 6.78. The average Bonchev–Trinajstić information content (AvgIpc) is 3.03. The molecule has 0 saturated carbocycles. The molecular formula is C24H28N2O6. The van der Waals surface area contributed by atoms with Gasteiger partial charge in [-0.25, -0.2) is 0 Å². The molecule has 3 rings (SSSR count). The van der Waals surface area contributed by atoms with Gasteiger partial charge in [0.15, 0.2) is 11.5 Å². The average molecular weight is 440 g/mol. The number of carbonyl (C=O) groups excluding carboxylic acids is 2. The number of rotatable bonds is 8. The second-order valence-corrected chi connectivity index (χ2v) is 7.81. The van der Waals surface area contributed by atoms with Crippen molar-refractivity contribution >= 4 is 17.4 Å². The minimum Gasteiger partial charge on any atom is -0.507 e. The number of ketones is 1. The zero-order valence-electron chi connectivity index (χ0n) is 18.7. The SMILES string of the molecule is COc1cccc(C(O)=C2C(=O)C(=O)N(CCCN(C)C)C2c2ccc(O)c(OC)c2)c1.